The zero-order chi connectivity index (χ0) is 18.0. The Kier molecular flexibility index (Phi) is 4.61. The predicted molar refractivity (Wildman–Crippen MR) is 89.7 cm³/mol. The number of furan rings is 1. The number of benzene rings is 1. The number of ether oxygens (including phenoxy) is 3. The number of carbonyl (C=O) groups excluding carboxylic acids is 2. The van der Waals surface area contributed by atoms with E-state index >= 15 is 0 Å². The van der Waals surface area contributed by atoms with Crippen LogP contribution in [0.4, 0.5) is 0 Å². The maximum absolute atomic E-state index is 12.5. The molecule has 2 heterocycles. The van der Waals surface area contributed by atoms with Crippen molar-refractivity contribution in [2.75, 3.05) is 13.2 Å². The first-order valence-electron chi connectivity index (χ1n) is 7.92. The number of carbonyl (C=O) groups is 2. The van der Waals surface area contributed by atoms with Gasteiger partial charge in [-0.05, 0) is 45.0 Å². The van der Waals surface area contributed by atoms with Crippen LogP contribution in [0.25, 0.3) is 6.08 Å². The van der Waals surface area contributed by atoms with Crippen molar-refractivity contribution in [2.24, 2.45) is 0 Å². The molecule has 1 aliphatic heterocycles. The summed E-state index contributed by atoms with van der Waals surface area (Å²) in [5, 5.41) is 0. The summed E-state index contributed by atoms with van der Waals surface area (Å²) >= 11 is 0. The van der Waals surface area contributed by atoms with Crippen molar-refractivity contribution < 1.29 is 28.2 Å². The summed E-state index contributed by atoms with van der Waals surface area (Å²) in [5.74, 6) is 1.72. The molecule has 25 heavy (non-hydrogen) atoms. The summed E-state index contributed by atoms with van der Waals surface area (Å²) in [6.07, 6.45) is 1.56. The number of hydrogen-bond donors (Lipinski definition) is 0. The molecule has 1 aromatic carbocycles. The van der Waals surface area contributed by atoms with Gasteiger partial charge >= 0.3 is 5.97 Å². The molecule has 0 N–H and O–H groups in total. The number of esters is 1. The fraction of sp³-hybridized carbons (Fsp3) is 0.263. The molecule has 130 valence electrons. The Balaban J connectivity index is 1.82. The summed E-state index contributed by atoms with van der Waals surface area (Å²) in [6.45, 7) is 5.42. The zero-order valence-corrected chi connectivity index (χ0v) is 14.3. The average molecular weight is 342 g/mol. The van der Waals surface area contributed by atoms with Gasteiger partial charge in [0.2, 0.25) is 5.78 Å². The first kappa shape index (κ1) is 16.8. The average Bonchev–Trinajstić information content (AvgIpc) is 3.12. The number of fused-ring (bicyclic) bond motifs is 1. The van der Waals surface area contributed by atoms with E-state index in [1.54, 1.807) is 38.1 Å². The van der Waals surface area contributed by atoms with E-state index in [1.165, 1.54) is 0 Å². The Bertz CT molecular complexity index is 859. The molecule has 0 saturated heterocycles. The fourth-order valence-corrected chi connectivity index (χ4v) is 2.52. The number of allylic oxidation sites excluding steroid dienone is 1. The maximum atomic E-state index is 12.5. The largest absolute Gasteiger partial charge is 0.481 e. The van der Waals surface area contributed by atoms with Gasteiger partial charge in [0.05, 0.1) is 12.2 Å². The number of hydrogen-bond acceptors (Lipinski definition) is 6. The van der Waals surface area contributed by atoms with Crippen molar-refractivity contribution in [3.05, 3.63) is 52.7 Å². The van der Waals surface area contributed by atoms with Gasteiger partial charge in [0.25, 0.3) is 0 Å². The molecule has 0 aliphatic carbocycles. The molecule has 0 fully saturated rings. The minimum Gasteiger partial charge on any atom is -0.481 e. The molecule has 0 radical (unpaired) electrons. The number of aryl methyl sites for hydroxylation is 1. The van der Waals surface area contributed by atoms with Gasteiger partial charge in [-0.3, -0.25) is 4.79 Å². The van der Waals surface area contributed by atoms with Crippen LogP contribution in [-0.4, -0.2) is 25.0 Å². The van der Waals surface area contributed by atoms with Crippen LogP contribution in [0.2, 0.25) is 0 Å². The van der Waals surface area contributed by atoms with Crippen LogP contribution in [-0.2, 0) is 9.53 Å². The molecular formula is C19H18O6. The lowest BCUT2D eigenvalue weighted by molar-refractivity contribution is -0.145. The first-order valence-corrected chi connectivity index (χ1v) is 7.92. The van der Waals surface area contributed by atoms with E-state index in [-0.39, 0.29) is 18.1 Å². The van der Waals surface area contributed by atoms with Crippen molar-refractivity contribution in [3.8, 4) is 11.5 Å². The van der Waals surface area contributed by atoms with Crippen molar-refractivity contribution in [1.82, 2.24) is 0 Å². The highest BCUT2D eigenvalue weighted by Crippen LogP contribution is 2.39. The van der Waals surface area contributed by atoms with E-state index in [1.807, 2.05) is 13.0 Å². The van der Waals surface area contributed by atoms with E-state index in [9.17, 15) is 9.59 Å². The molecule has 0 spiro atoms. The van der Waals surface area contributed by atoms with Crippen LogP contribution in [0.5, 0.6) is 11.5 Å². The van der Waals surface area contributed by atoms with Crippen LogP contribution < -0.4 is 9.47 Å². The van der Waals surface area contributed by atoms with Crippen molar-refractivity contribution >= 4 is 17.8 Å². The second kappa shape index (κ2) is 6.84. The molecule has 1 aliphatic rings. The molecule has 0 saturated carbocycles. The maximum Gasteiger partial charge on any atom is 0.344 e. The lowest BCUT2D eigenvalue weighted by Gasteiger charge is -2.10. The van der Waals surface area contributed by atoms with Crippen LogP contribution in [0.15, 0.2) is 34.4 Å². The third-order valence-corrected chi connectivity index (χ3v) is 3.72. The highest BCUT2D eigenvalue weighted by atomic mass is 16.6. The zero-order valence-electron chi connectivity index (χ0n) is 14.3. The summed E-state index contributed by atoms with van der Waals surface area (Å²) in [6, 6.07) is 6.85. The molecule has 2 aromatic rings. The Morgan fingerprint density at radius 2 is 2.00 bits per heavy atom. The molecule has 0 unspecified atom stereocenters. The topological polar surface area (TPSA) is 75.0 Å². The third kappa shape index (κ3) is 3.42. The van der Waals surface area contributed by atoms with Crippen LogP contribution in [0.1, 0.15) is 34.4 Å². The molecule has 3 rings (SSSR count). The standard InChI is InChI=1S/C19H18O6/c1-4-22-17(20)10-23-15-8-7-14-18(21)16(25-19(14)12(15)3)9-13-6-5-11(2)24-13/h5-9H,4,10H2,1-3H3/b16-9-. The highest BCUT2D eigenvalue weighted by molar-refractivity contribution is 6.14. The second-order valence-electron chi connectivity index (χ2n) is 5.55. The Morgan fingerprint density at radius 1 is 1.20 bits per heavy atom. The van der Waals surface area contributed by atoms with E-state index in [0.717, 1.165) is 5.76 Å². The minimum atomic E-state index is -0.451. The Morgan fingerprint density at radius 3 is 2.68 bits per heavy atom. The molecule has 0 bridgehead atoms. The van der Waals surface area contributed by atoms with Crippen LogP contribution in [0, 0.1) is 13.8 Å². The highest BCUT2D eigenvalue weighted by Gasteiger charge is 2.30. The van der Waals surface area contributed by atoms with Gasteiger partial charge in [0.1, 0.15) is 23.0 Å². The first-order chi connectivity index (χ1) is 12.0. The molecule has 6 heteroatoms. The van der Waals surface area contributed by atoms with Crippen molar-refractivity contribution in [2.45, 2.75) is 20.8 Å². The van der Waals surface area contributed by atoms with Crippen LogP contribution in [0.3, 0.4) is 0 Å². The fourth-order valence-electron chi connectivity index (χ4n) is 2.52. The summed E-state index contributed by atoms with van der Waals surface area (Å²) < 4.78 is 21.5. The lowest BCUT2D eigenvalue weighted by Crippen LogP contribution is -2.15. The molecule has 0 amide bonds. The number of Topliss-reactive ketones (excluding diaryl/α,β-unsaturated/α-hetero) is 1. The predicted octanol–water partition coefficient (Wildman–Crippen LogP) is 3.45. The van der Waals surface area contributed by atoms with Gasteiger partial charge < -0.3 is 18.6 Å². The van der Waals surface area contributed by atoms with E-state index < -0.39 is 5.97 Å². The van der Waals surface area contributed by atoms with E-state index in [2.05, 4.69) is 0 Å². The molecule has 0 atom stereocenters. The normalized spacial score (nSPS) is 14.4. The lowest BCUT2D eigenvalue weighted by atomic mass is 10.1. The second-order valence-corrected chi connectivity index (χ2v) is 5.55. The molecule has 1 aromatic heterocycles. The van der Waals surface area contributed by atoms with Gasteiger partial charge in [-0.15, -0.1) is 0 Å². The minimum absolute atomic E-state index is 0.190. The molecular weight excluding hydrogens is 324 g/mol. The van der Waals surface area contributed by atoms with E-state index in [4.69, 9.17) is 18.6 Å². The molecule has 6 nitrogen and oxygen atoms in total. The number of ketones is 1. The van der Waals surface area contributed by atoms with Gasteiger partial charge in [0, 0.05) is 11.6 Å². The summed E-state index contributed by atoms with van der Waals surface area (Å²) in [7, 11) is 0. The monoisotopic (exact) mass is 342 g/mol. The summed E-state index contributed by atoms with van der Waals surface area (Å²) in [4.78, 5) is 23.9. The Labute approximate surface area is 145 Å². The third-order valence-electron chi connectivity index (χ3n) is 3.72. The number of rotatable bonds is 5. The van der Waals surface area contributed by atoms with Gasteiger partial charge in [-0.25, -0.2) is 4.79 Å². The smallest absolute Gasteiger partial charge is 0.344 e. The van der Waals surface area contributed by atoms with Gasteiger partial charge in [0.15, 0.2) is 12.4 Å². The van der Waals surface area contributed by atoms with Gasteiger partial charge in [-0.1, -0.05) is 0 Å². The van der Waals surface area contributed by atoms with Gasteiger partial charge in [-0.2, -0.15) is 0 Å². The van der Waals surface area contributed by atoms with Crippen molar-refractivity contribution in [1.29, 1.82) is 0 Å². The van der Waals surface area contributed by atoms with Crippen molar-refractivity contribution in [3.63, 3.8) is 0 Å². The van der Waals surface area contributed by atoms with Crippen LogP contribution >= 0.6 is 0 Å². The van der Waals surface area contributed by atoms with E-state index in [0.29, 0.717) is 35.0 Å². The summed E-state index contributed by atoms with van der Waals surface area (Å²) in [5.41, 5.74) is 1.10. The Hall–Kier alpha value is -3.02. The quantitative estimate of drug-likeness (QED) is 0.612. The SMILES string of the molecule is CCOC(=O)COc1ccc2c(c1C)O/C(=C\c1ccc(C)o1)C2=O.